The Labute approximate surface area is 119 Å². The number of alkyl halides is 1. The lowest BCUT2D eigenvalue weighted by atomic mass is 10.1. The molecule has 5 heteroatoms. The van der Waals surface area contributed by atoms with Crippen molar-refractivity contribution in [1.82, 2.24) is 0 Å². The Balaban J connectivity index is 3.13. The van der Waals surface area contributed by atoms with Crippen LogP contribution in [0.5, 0.6) is 0 Å². The fraction of sp³-hybridized carbons (Fsp3) is 0.818. The Morgan fingerprint density at radius 3 is 1.75 bits per heavy atom. The van der Waals surface area contributed by atoms with E-state index in [0.29, 0.717) is 0 Å². The van der Waals surface area contributed by atoms with Crippen LogP contribution in [0.4, 0.5) is 0 Å². The van der Waals surface area contributed by atoms with Crippen LogP contribution >= 0.6 is 44.8 Å². The van der Waals surface area contributed by atoms with Gasteiger partial charge in [0.1, 0.15) is 0 Å². The molecule has 0 spiro atoms. The standard InChI is InChI=1S/C11H20Cl4Si/c12-10-8-6-4-2-1-3-5-7-9-11-16(13,14)15/h9,11H,1-8,10H2. The summed E-state index contributed by atoms with van der Waals surface area (Å²) in [4.78, 5) is 0. The van der Waals surface area contributed by atoms with E-state index in [4.69, 9.17) is 44.8 Å². The Bertz CT molecular complexity index is 177. The Kier molecular flexibility index (Phi) is 12.0. The first-order chi connectivity index (χ1) is 7.56. The zero-order chi connectivity index (χ0) is 12.3. The van der Waals surface area contributed by atoms with E-state index in [9.17, 15) is 0 Å². The number of allylic oxidation sites excluding steroid dienone is 1. The van der Waals surface area contributed by atoms with E-state index in [2.05, 4.69) is 0 Å². The molecule has 0 heterocycles. The minimum absolute atomic E-state index is 0.797. The molecule has 0 aromatic rings. The summed E-state index contributed by atoms with van der Waals surface area (Å²) in [5.74, 6) is 0.797. The quantitative estimate of drug-likeness (QED) is 0.197. The highest BCUT2D eigenvalue weighted by atomic mass is 35.8. The zero-order valence-corrected chi connectivity index (χ0v) is 13.6. The molecule has 96 valence electrons. The third kappa shape index (κ3) is 15.1. The van der Waals surface area contributed by atoms with Gasteiger partial charge in [0.2, 0.25) is 0 Å². The maximum absolute atomic E-state index is 5.72. The highest BCUT2D eigenvalue weighted by molar-refractivity contribution is 7.66. The summed E-state index contributed by atoms with van der Waals surface area (Å²) in [6.45, 7) is 0. The molecule has 0 aromatic carbocycles. The van der Waals surface area contributed by atoms with Gasteiger partial charge in [-0.25, -0.2) is 0 Å². The van der Waals surface area contributed by atoms with Gasteiger partial charge in [0.05, 0.1) is 0 Å². The number of halogens is 4. The molecule has 0 fully saturated rings. The molecule has 0 atom stereocenters. The smallest absolute Gasteiger partial charge is 0.127 e. The van der Waals surface area contributed by atoms with E-state index >= 15 is 0 Å². The average molecular weight is 322 g/mol. The van der Waals surface area contributed by atoms with Crippen molar-refractivity contribution in [2.45, 2.75) is 51.4 Å². The fourth-order valence-corrected chi connectivity index (χ4v) is 2.88. The van der Waals surface area contributed by atoms with Crippen LogP contribution in [0.1, 0.15) is 51.4 Å². The van der Waals surface area contributed by atoms with Crippen LogP contribution in [-0.2, 0) is 0 Å². The summed E-state index contributed by atoms with van der Waals surface area (Å²) >= 11 is 22.7. The Morgan fingerprint density at radius 1 is 0.750 bits per heavy atom. The van der Waals surface area contributed by atoms with Crippen LogP contribution in [0, 0.1) is 0 Å². The molecule has 0 aliphatic heterocycles. The van der Waals surface area contributed by atoms with Crippen LogP contribution in [0.3, 0.4) is 0 Å². The lowest BCUT2D eigenvalue weighted by Crippen LogP contribution is -2.02. The van der Waals surface area contributed by atoms with Crippen LogP contribution in [-0.4, -0.2) is 11.9 Å². The molecule has 0 N–H and O–H groups in total. The van der Waals surface area contributed by atoms with Gasteiger partial charge in [0.15, 0.2) is 0 Å². The van der Waals surface area contributed by atoms with E-state index in [1.165, 1.54) is 38.5 Å². The predicted octanol–water partition coefficient (Wildman–Crippen LogP) is 6.10. The van der Waals surface area contributed by atoms with Crippen molar-refractivity contribution in [3.63, 3.8) is 0 Å². The van der Waals surface area contributed by atoms with E-state index in [0.717, 1.165) is 18.7 Å². The molecular formula is C11H20Cl4Si. The molecule has 0 aliphatic carbocycles. The summed E-state index contributed by atoms with van der Waals surface area (Å²) in [7, 11) is 0. The fourth-order valence-electron chi connectivity index (χ4n) is 1.46. The van der Waals surface area contributed by atoms with Gasteiger partial charge in [0, 0.05) is 5.88 Å². The first-order valence-electron chi connectivity index (χ1n) is 5.86. The highest BCUT2D eigenvalue weighted by Crippen LogP contribution is 2.21. The summed E-state index contributed by atoms with van der Waals surface area (Å²) in [6, 6.07) is -2.52. The average Bonchev–Trinajstić information content (AvgIpc) is 2.19. The second-order valence-electron chi connectivity index (χ2n) is 3.90. The maximum Gasteiger partial charge on any atom is 0.365 e. The monoisotopic (exact) mass is 320 g/mol. The van der Waals surface area contributed by atoms with Crippen LogP contribution in [0.25, 0.3) is 0 Å². The van der Waals surface area contributed by atoms with Gasteiger partial charge in [-0.05, 0) is 19.3 Å². The first-order valence-corrected chi connectivity index (χ1v) is 11.5. The Hall–Kier alpha value is 1.12. The SMILES string of the molecule is ClCCCCCCCCCC=C[Si](Cl)(Cl)Cl. The van der Waals surface area contributed by atoms with Gasteiger partial charge in [-0.2, -0.15) is 0 Å². The van der Waals surface area contributed by atoms with Gasteiger partial charge in [0.25, 0.3) is 0 Å². The molecule has 0 aliphatic rings. The van der Waals surface area contributed by atoms with Crippen molar-refractivity contribution in [3.8, 4) is 0 Å². The number of hydrogen-bond acceptors (Lipinski definition) is 0. The molecular weight excluding hydrogens is 302 g/mol. The number of hydrogen-bond donors (Lipinski definition) is 0. The molecule has 0 saturated carbocycles. The lowest BCUT2D eigenvalue weighted by Gasteiger charge is -2.00. The van der Waals surface area contributed by atoms with Gasteiger partial charge < -0.3 is 0 Å². The van der Waals surface area contributed by atoms with Gasteiger partial charge in [-0.3, -0.25) is 0 Å². The van der Waals surface area contributed by atoms with Crippen LogP contribution < -0.4 is 0 Å². The largest absolute Gasteiger partial charge is 0.365 e. The van der Waals surface area contributed by atoms with Gasteiger partial charge in [-0.15, -0.1) is 44.8 Å². The molecule has 0 nitrogen and oxygen atoms in total. The summed E-state index contributed by atoms with van der Waals surface area (Å²) in [5.41, 5.74) is 1.76. The molecule has 16 heavy (non-hydrogen) atoms. The van der Waals surface area contributed by atoms with E-state index < -0.39 is 6.00 Å². The molecule has 0 aromatic heterocycles. The van der Waals surface area contributed by atoms with Crippen molar-refractivity contribution in [1.29, 1.82) is 0 Å². The van der Waals surface area contributed by atoms with Crippen molar-refractivity contribution in [2.75, 3.05) is 5.88 Å². The predicted molar refractivity (Wildman–Crippen MR) is 80.1 cm³/mol. The van der Waals surface area contributed by atoms with Crippen molar-refractivity contribution >= 4 is 50.8 Å². The summed E-state index contributed by atoms with van der Waals surface area (Å²) < 4.78 is 0. The van der Waals surface area contributed by atoms with E-state index in [1.54, 1.807) is 5.70 Å². The lowest BCUT2D eigenvalue weighted by molar-refractivity contribution is 0.593. The molecule has 0 radical (unpaired) electrons. The zero-order valence-electron chi connectivity index (χ0n) is 9.53. The number of unbranched alkanes of at least 4 members (excludes halogenated alkanes) is 7. The highest BCUT2D eigenvalue weighted by Gasteiger charge is 2.19. The Morgan fingerprint density at radius 2 is 1.25 bits per heavy atom. The molecule has 0 rings (SSSR count). The second-order valence-corrected chi connectivity index (χ2v) is 12.8. The maximum atomic E-state index is 5.72. The number of rotatable bonds is 10. The third-order valence-corrected chi connectivity index (χ3v) is 4.33. The summed E-state index contributed by atoms with van der Waals surface area (Å²) in [6.07, 6.45) is 11.9. The second kappa shape index (κ2) is 11.2. The van der Waals surface area contributed by atoms with Crippen molar-refractivity contribution < 1.29 is 0 Å². The van der Waals surface area contributed by atoms with E-state index in [-0.39, 0.29) is 0 Å². The molecule has 0 unspecified atom stereocenters. The first kappa shape index (κ1) is 17.1. The third-order valence-electron chi connectivity index (χ3n) is 2.31. The van der Waals surface area contributed by atoms with E-state index in [1.807, 2.05) is 6.08 Å². The van der Waals surface area contributed by atoms with Crippen LogP contribution in [0.2, 0.25) is 0 Å². The normalized spacial score (nSPS) is 12.5. The molecule has 0 amide bonds. The van der Waals surface area contributed by atoms with Crippen LogP contribution in [0.15, 0.2) is 11.8 Å². The minimum Gasteiger partial charge on any atom is -0.127 e. The van der Waals surface area contributed by atoms with Gasteiger partial charge in [-0.1, -0.05) is 43.9 Å². The molecule has 0 saturated heterocycles. The van der Waals surface area contributed by atoms with Crippen molar-refractivity contribution in [3.05, 3.63) is 11.8 Å². The summed E-state index contributed by atoms with van der Waals surface area (Å²) in [5, 5.41) is 0. The van der Waals surface area contributed by atoms with Crippen molar-refractivity contribution in [2.24, 2.45) is 0 Å². The topological polar surface area (TPSA) is 0 Å². The van der Waals surface area contributed by atoms with Gasteiger partial charge >= 0.3 is 6.00 Å². The minimum atomic E-state index is -2.52. The molecule has 0 bridgehead atoms.